The van der Waals surface area contributed by atoms with Gasteiger partial charge in [-0.25, -0.2) is 8.42 Å². The molecule has 23 heavy (non-hydrogen) atoms. The Morgan fingerprint density at radius 1 is 1.17 bits per heavy atom. The quantitative estimate of drug-likeness (QED) is 0.655. The van der Waals surface area contributed by atoms with Gasteiger partial charge in [0.1, 0.15) is 0 Å². The molecule has 0 unspecified atom stereocenters. The molecule has 0 spiro atoms. The number of sulfone groups is 1. The van der Waals surface area contributed by atoms with Crippen molar-refractivity contribution in [1.29, 1.82) is 0 Å². The van der Waals surface area contributed by atoms with E-state index in [1.54, 1.807) is 31.2 Å². The van der Waals surface area contributed by atoms with Crippen molar-refractivity contribution < 1.29 is 13.3 Å². The van der Waals surface area contributed by atoms with Crippen molar-refractivity contribution in [3.63, 3.8) is 0 Å². The Balaban J connectivity index is 2.43. The molecule has 0 saturated heterocycles. The number of nitrogens with one attached hydrogen (secondary N) is 1. The second kappa shape index (κ2) is 6.80. The van der Waals surface area contributed by atoms with Crippen molar-refractivity contribution in [2.45, 2.75) is 11.8 Å². The van der Waals surface area contributed by atoms with Gasteiger partial charge >= 0.3 is 5.03 Å². The van der Waals surface area contributed by atoms with Crippen molar-refractivity contribution in [2.24, 2.45) is 0 Å². The van der Waals surface area contributed by atoms with Gasteiger partial charge < -0.3 is 5.32 Å². The van der Waals surface area contributed by atoms with Crippen LogP contribution in [0, 0.1) is 17.0 Å². The standard InChI is InChI=1S/C15H13ClN2O4S/c1-11-13(16)8-5-9-14(11)17-10-15(18(19)20)23(21,22)12-6-3-2-4-7-12/h2-10,17H,1H3. The van der Waals surface area contributed by atoms with Crippen molar-refractivity contribution in [1.82, 2.24) is 0 Å². The van der Waals surface area contributed by atoms with E-state index >= 15 is 0 Å². The molecule has 0 heterocycles. The number of nitrogens with zero attached hydrogens (tertiary/aromatic N) is 1. The van der Waals surface area contributed by atoms with Crippen LogP contribution < -0.4 is 5.32 Å². The third-order valence-electron chi connectivity index (χ3n) is 3.13. The Hall–Kier alpha value is -2.38. The van der Waals surface area contributed by atoms with Crippen LogP contribution >= 0.6 is 11.6 Å². The molecular formula is C15H13ClN2O4S. The number of hydrogen-bond acceptors (Lipinski definition) is 5. The summed E-state index contributed by atoms with van der Waals surface area (Å²) in [5.74, 6) is 0. The Bertz CT molecular complexity index is 864. The van der Waals surface area contributed by atoms with Crippen LogP contribution in [0.1, 0.15) is 5.56 Å². The molecule has 0 aliphatic heterocycles. The summed E-state index contributed by atoms with van der Waals surface area (Å²) in [5, 5.41) is 13.4. The monoisotopic (exact) mass is 352 g/mol. The molecule has 0 aromatic heterocycles. The van der Waals surface area contributed by atoms with Gasteiger partial charge in [0.2, 0.25) is 0 Å². The first-order chi connectivity index (χ1) is 10.8. The molecule has 8 heteroatoms. The summed E-state index contributed by atoms with van der Waals surface area (Å²) < 4.78 is 24.7. The normalized spacial score (nSPS) is 12.0. The minimum Gasteiger partial charge on any atom is -0.355 e. The highest BCUT2D eigenvalue weighted by Gasteiger charge is 2.31. The van der Waals surface area contributed by atoms with Gasteiger partial charge in [-0.3, -0.25) is 10.1 Å². The van der Waals surface area contributed by atoms with E-state index in [1.165, 1.54) is 24.3 Å². The fourth-order valence-electron chi connectivity index (χ4n) is 1.85. The Labute approximate surface area is 138 Å². The summed E-state index contributed by atoms with van der Waals surface area (Å²) in [6.07, 6.45) is 0.862. The predicted molar refractivity (Wildman–Crippen MR) is 88.5 cm³/mol. The van der Waals surface area contributed by atoms with Gasteiger partial charge in [-0.2, -0.15) is 0 Å². The minimum atomic E-state index is -4.23. The predicted octanol–water partition coefficient (Wildman–Crippen LogP) is 3.61. The van der Waals surface area contributed by atoms with E-state index < -0.39 is 19.8 Å². The molecule has 1 N–H and O–H groups in total. The number of rotatable bonds is 5. The molecule has 0 saturated carbocycles. The van der Waals surface area contributed by atoms with Gasteiger partial charge in [-0.15, -0.1) is 0 Å². The number of benzene rings is 2. The van der Waals surface area contributed by atoms with Crippen LogP contribution in [0.2, 0.25) is 5.02 Å². The smallest absolute Gasteiger partial charge is 0.355 e. The second-order valence-electron chi connectivity index (χ2n) is 4.61. The minimum absolute atomic E-state index is 0.146. The first-order valence-corrected chi connectivity index (χ1v) is 8.36. The summed E-state index contributed by atoms with van der Waals surface area (Å²) >= 11 is 5.96. The fraction of sp³-hybridized carbons (Fsp3) is 0.0667. The van der Waals surface area contributed by atoms with Crippen molar-refractivity contribution in [2.75, 3.05) is 5.32 Å². The zero-order valence-corrected chi connectivity index (χ0v) is 13.6. The lowest BCUT2D eigenvalue weighted by Crippen LogP contribution is -2.14. The van der Waals surface area contributed by atoms with Gasteiger partial charge in [0, 0.05) is 10.7 Å². The van der Waals surface area contributed by atoms with E-state index in [0.29, 0.717) is 16.3 Å². The molecule has 0 aliphatic rings. The van der Waals surface area contributed by atoms with E-state index in [1.807, 2.05) is 0 Å². The Morgan fingerprint density at radius 2 is 1.83 bits per heavy atom. The molecule has 0 bridgehead atoms. The zero-order valence-electron chi connectivity index (χ0n) is 12.1. The molecule has 0 amide bonds. The molecule has 2 aromatic rings. The summed E-state index contributed by atoms with van der Waals surface area (Å²) in [5.41, 5.74) is 1.14. The maximum atomic E-state index is 12.4. The first kappa shape index (κ1) is 17.0. The van der Waals surface area contributed by atoms with E-state index in [4.69, 9.17) is 11.6 Å². The average Bonchev–Trinajstić information content (AvgIpc) is 2.52. The van der Waals surface area contributed by atoms with E-state index in [9.17, 15) is 18.5 Å². The molecule has 0 fully saturated rings. The molecule has 2 rings (SSSR count). The molecule has 120 valence electrons. The molecule has 0 aliphatic carbocycles. The first-order valence-electron chi connectivity index (χ1n) is 6.50. The SMILES string of the molecule is Cc1c(Cl)cccc1NC=C([N+](=O)[O-])S(=O)(=O)c1ccccc1. The second-order valence-corrected chi connectivity index (χ2v) is 6.92. The van der Waals surface area contributed by atoms with E-state index in [-0.39, 0.29) is 4.90 Å². The number of halogens is 1. The van der Waals surface area contributed by atoms with Crippen molar-refractivity contribution in [3.8, 4) is 0 Å². The average molecular weight is 353 g/mol. The lowest BCUT2D eigenvalue weighted by Gasteiger charge is -2.07. The van der Waals surface area contributed by atoms with Gasteiger partial charge in [0.15, 0.2) is 0 Å². The largest absolute Gasteiger partial charge is 0.379 e. The van der Waals surface area contributed by atoms with Crippen LogP contribution in [0.15, 0.2) is 64.7 Å². The lowest BCUT2D eigenvalue weighted by molar-refractivity contribution is -0.411. The van der Waals surface area contributed by atoms with Crippen LogP contribution in [0.3, 0.4) is 0 Å². The summed E-state index contributed by atoms with van der Waals surface area (Å²) in [6.45, 7) is 1.72. The summed E-state index contributed by atoms with van der Waals surface area (Å²) in [6, 6.07) is 12.2. The maximum absolute atomic E-state index is 12.4. The zero-order chi connectivity index (χ0) is 17.0. The number of nitro groups is 1. The van der Waals surface area contributed by atoms with Gasteiger partial charge in [0.05, 0.1) is 16.0 Å². The molecule has 6 nitrogen and oxygen atoms in total. The molecule has 0 atom stereocenters. The van der Waals surface area contributed by atoms with Crippen LogP contribution in [-0.2, 0) is 9.84 Å². The summed E-state index contributed by atoms with van der Waals surface area (Å²) in [7, 11) is -4.23. The van der Waals surface area contributed by atoms with E-state index in [0.717, 1.165) is 6.20 Å². The van der Waals surface area contributed by atoms with Crippen LogP contribution in [-0.4, -0.2) is 13.3 Å². The summed E-state index contributed by atoms with van der Waals surface area (Å²) in [4.78, 5) is 10.1. The topological polar surface area (TPSA) is 89.3 Å². The molecular weight excluding hydrogens is 340 g/mol. The van der Waals surface area contributed by atoms with Crippen LogP contribution in [0.25, 0.3) is 0 Å². The van der Waals surface area contributed by atoms with E-state index in [2.05, 4.69) is 5.32 Å². The highest BCUT2D eigenvalue weighted by Crippen LogP contribution is 2.24. The third kappa shape index (κ3) is 3.69. The van der Waals surface area contributed by atoms with Crippen molar-refractivity contribution in [3.05, 3.63) is 80.5 Å². The highest BCUT2D eigenvalue weighted by molar-refractivity contribution is 7.95. The molecule has 0 radical (unpaired) electrons. The lowest BCUT2D eigenvalue weighted by atomic mass is 10.2. The Morgan fingerprint density at radius 3 is 2.43 bits per heavy atom. The molecule has 2 aromatic carbocycles. The number of hydrogen-bond donors (Lipinski definition) is 1. The van der Waals surface area contributed by atoms with Gasteiger partial charge in [0.25, 0.3) is 9.84 Å². The van der Waals surface area contributed by atoms with Crippen molar-refractivity contribution >= 4 is 27.1 Å². The third-order valence-corrected chi connectivity index (χ3v) is 5.25. The maximum Gasteiger partial charge on any atom is 0.379 e. The van der Waals surface area contributed by atoms with Gasteiger partial charge in [-0.1, -0.05) is 35.9 Å². The highest BCUT2D eigenvalue weighted by atomic mass is 35.5. The Kier molecular flexibility index (Phi) is 5.02. The number of anilines is 1. The van der Waals surface area contributed by atoms with Gasteiger partial charge in [-0.05, 0) is 36.8 Å². The van der Waals surface area contributed by atoms with Crippen LogP contribution in [0.5, 0.6) is 0 Å². The van der Waals surface area contributed by atoms with Crippen LogP contribution in [0.4, 0.5) is 5.69 Å². The fourth-order valence-corrected chi connectivity index (χ4v) is 3.19.